The molecule has 0 spiro atoms. The molecule has 0 unspecified atom stereocenters. The number of rotatable bonds is 6. The number of thiazole rings is 1. The van der Waals surface area contributed by atoms with Crippen LogP contribution in [0.2, 0.25) is 0 Å². The van der Waals surface area contributed by atoms with Gasteiger partial charge in [-0.15, -0.1) is 11.3 Å². The van der Waals surface area contributed by atoms with E-state index in [1.54, 1.807) is 5.38 Å². The van der Waals surface area contributed by atoms with Crippen molar-refractivity contribution in [1.82, 2.24) is 15.3 Å². The quantitative estimate of drug-likeness (QED) is 0.690. The SMILES string of the molecule is Cc1cccc(Nc2nc(CC(=O)NCc3ccc(F)cc3F)cs2)n1. The third kappa shape index (κ3) is 4.82. The summed E-state index contributed by atoms with van der Waals surface area (Å²) in [6.45, 7) is 1.89. The molecule has 8 heteroatoms. The van der Waals surface area contributed by atoms with Crippen LogP contribution in [-0.4, -0.2) is 15.9 Å². The zero-order valence-electron chi connectivity index (χ0n) is 13.9. The van der Waals surface area contributed by atoms with Crippen LogP contribution in [0.3, 0.4) is 0 Å². The van der Waals surface area contributed by atoms with Crippen LogP contribution in [0, 0.1) is 18.6 Å². The summed E-state index contributed by atoms with van der Waals surface area (Å²) >= 11 is 1.37. The predicted octanol–water partition coefficient (Wildman–Crippen LogP) is 3.73. The molecule has 3 rings (SSSR count). The first-order valence-electron chi connectivity index (χ1n) is 7.85. The molecular weight excluding hydrogens is 358 g/mol. The Balaban J connectivity index is 1.54. The van der Waals surface area contributed by atoms with Gasteiger partial charge in [-0.1, -0.05) is 12.1 Å². The highest BCUT2D eigenvalue weighted by molar-refractivity contribution is 7.13. The molecular formula is C18H16F2N4OS. The minimum atomic E-state index is -0.684. The Morgan fingerprint density at radius 3 is 2.81 bits per heavy atom. The number of benzene rings is 1. The Labute approximate surface area is 153 Å². The van der Waals surface area contributed by atoms with E-state index in [2.05, 4.69) is 20.6 Å². The molecule has 0 bridgehead atoms. The molecule has 2 heterocycles. The van der Waals surface area contributed by atoms with E-state index in [-0.39, 0.29) is 24.4 Å². The summed E-state index contributed by atoms with van der Waals surface area (Å²) in [5.74, 6) is -0.944. The van der Waals surface area contributed by atoms with Gasteiger partial charge in [0, 0.05) is 29.2 Å². The number of halogens is 2. The zero-order chi connectivity index (χ0) is 18.5. The summed E-state index contributed by atoms with van der Waals surface area (Å²) in [7, 11) is 0. The number of aryl methyl sites for hydroxylation is 1. The second-order valence-electron chi connectivity index (χ2n) is 5.62. The summed E-state index contributed by atoms with van der Waals surface area (Å²) in [6.07, 6.45) is 0.0717. The monoisotopic (exact) mass is 374 g/mol. The Bertz CT molecular complexity index is 929. The van der Waals surface area contributed by atoms with Crippen LogP contribution in [-0.2, 0) is 17.8 Å². The second-order valence-corrected chi connectivity index (χ2v) is 6.48. The summed E-state index contributed by atoms with van der Waals surface area (Å²) in [4.78, 5) is 20.7. The lowest BCUT2D eigenvalue weighted by Crippen LogP contribution is -2.25. The lowest BCUT2D eigenvalue weighted by Gasteiger charge is -2.05. The molecule has 0 fully saturated rings. The number of amides is 1. The molecule has 0 atom stereocenters. The minimum absolute atomic E-state index is 0.00654. The Morgan fingerprint density at radius 2 is 2.04 bits per heavy atom. The number of carbonyl (C=O) groups excluding carboxylic acids is 1. The van der Waals surface area contributed by atoms with Crippen LogP contribution in [0.1, 0.15) is 17.0 Å². The van der Waals surface area contributed by atoms with Gasteiger partial charge >= 0.3 is 0 Å². The second kappa shape index (κ2) is 8.01. The van der Waals surface area contributed by atoms with Gasteiger partial charge in [0.05, 0.1) is 12.1 Å². The van der Waals surface area contributed by atoms with E-state index in [0.29, 0.717) is 16.6 Å². The van der Waals surface area contributed by atoms with Gasteiger partial charge < -0.3 is 10.6 Å². The van der Waals surface area contributed by atoms with Crippen LogP contribution in [0.5, 0.6) is 0 Å². The number of anilines is 2. The van der Waals surface area contributed by atoms with E-state index in [0.717, 1.165) is 17.8 Å². The van der Waals surface area contributed by atoms with Gasteiger partial charge in [-0.3, -0.25) is 4.79 Å². The summed E-state index contributed by atoms with van der Waals surface area (Å²) in [6, 6.07) is 8.87. The number of nitrogens with zero attached hydrogens (tertiary/aromatic N) is 2. The van der Waals surface area contributed by atoms with Gasteiger partial charge in [0.2, 0.25) is 5.91 Å². The first-order chi connectivity index (χ1) is 12.5. The van der Waals surface area contributed by atoms with E-state index < -0.39 is 11.6 Å². The van der Waals surface area contributed by atoms with Crippen molar-refractivity contribution in [3.8, 4) is 0 Å². The Hall–Kier alpha value is -2.87. The highest BCUT2D eigenvalue weighted by atomic mass is 32.1. The number of nitrogens with one attached hydrogen (secondary N) is 2. The molecule has 0 aliphatic heterocycles. The first-order valence-corrected chi connectivity index (χ1v) is 8.73. The largest absolute Gasteiger partial charge is 0.352 e. The van der Waals surface area contributed by atoms with Gasteiger partial charge in [-0.05, 0) is 25.1 Å². The van der Waals surface area contributed by atoms with Crippen molar-refractivity contribution in [3.63, 3.8) is 0 Å². The van der Waals surface area contributed by atoms with Crippen LogP contribution in [0.25, 0.3) is 0 Å². The van der Waals surface area contributed by atoms with Gasteiger partial charge in [0.15, 0.2) is 5.13 Å². The summed E-state index contributed by atoms with van der Waals surface area (Å²) in [5.41, 5.74) is 1.72. The average Bonchev–Trinajstić information content (AvgIpc) is 3.01. The van der Waals surface area contributed by atoms with Gasteiger partial charge in [-0.25, -0.2) is 18.7 Å². The third-order valence-electron chi connectivity index (χ3n) is 3.51. The lowest BCUT2D eigenvalue weighted by atomic mass is 10.2. The highest BCUT2D eigenvalue weighted by Gasteiger charge is 2.10. The van der Waals surface area contributed by atoms with Crippen molar-refractivity contribution in [1.29, 1.82) is 0 Å². The fraction of sp³-hybridized carbons (Fsp3) is 0.167. The minimum Gasteiger partial charge on any atom is -0.352 e. The lowest BCUT2D eigenvalue weighted by molar-refractivity contribution is -0.120. The maximum Gasteiger partial charge on any atom is 0.226 e. The molecule has 0 saturated heterocycles. The number of aromatic nitrogens is 2. The summed E-state index contributed by atoms with van der Waals surface area (Å²) < 4.78 is 26.4. The normalized spacial score (nSPS) is 10.6. The molecule has 1 amide bonds. The van der Waals surface area contributed by atoms with E-state index in [1.165, 1.54) is 17.4 Å². The fourth-order valence-corrected chi connectivity index (χ4v) is 2.97. The van der Waals surface area contributed by atoms with Crippen LogP contribution in [0.15, 0.2) is 41.8 Å². The highest BCUT2D eigenvalue weighted by Crippen LogP contribution is 2.20. The van der Waals surface area contributed by atoms with E-state index in [9.17, 15) is 13.6 Å². The molecule has 26 heavy (non-hydrogen) atoms. The maximum absolute atomic E-state index is 13.6. The van der Waals surface area contributed by atoms with Gasteiger partial charge in [0.1, 0.15) is 17.5 Å². The molecule has 0 saturated carbocycles. The van der Waals surface area contributed by atoms with Crippen molar-refractivity contribution < 1.29 is 13.6 Å². The Morgan fingerprint density at radius 1 is 1.19 bits per heavy atom. The molecule has 2 aromatic heterocycles. The zero-order valence-corrected chi connectivity index (χ0v) is 14.7. The van der Waals surface area contributed by atoms with Crippen LogP contribution in [0.4, 0.5) is 19.7 Å². The smallest absolute Gasteiger partial charge is 0.226 e. The molecule has 5 nitrogen and oxygen atoms in total. The number of hydrogen-bond acceptors (Lipinski definition) is 5. The van der Waals surface area contributed by atoms with Crippen molar-refractivity contribution in [2.45, 2.75) is 19.9 Å². The average molecular weight is 374 g/mol. The van der Waals surface area contributed by atoms with Crippen molar-refractivity contribution in [2.24, 2.45) is 0 Å². The molecule has 0 radical (unpaired) electrons. The molecule has 2 N–H and O–H groups in total. The fourth-order valence-electron chi connectivity index (χ4n) is 2.25. The van der Waals surface area contributed by atoms with Crippen LogP contribution < -0.4 is 10.6 Å². The summed E-state index contributed by atoms with van der Waals surface area (Å²) in [5, 5.41) is 8.10. The molecule has 0 aliphatic carbocycles. The van der Waals surface area contributed by atoms with E-state index >= 15 is 0 Å². The van der Waals surface area contributed by atoms with Gasteiger partial charge in [0.25, 0.3) is 0 Å². The standard InChI is InChI=1S/C18H16F2N4OS/c1-11-3-2-4-16(22-11)24-18-23-14(10-26-18)8-17(25)21-9-12-5-6-13(19)7-15(12)20/h2-7,10H,8-9H2,1H3,(H,21,25)(H,22,23,24). The molecule has 0 aliphatic rings. The first kappa shape index (κ1) is 17.9. The van der Waals surface area contributed by atoms with Crippen LogP contribution >= 0.6 is 11.3 Å². The topological polar surface area (TPSA) is 66.9 Å². The maximum atomic E-state index is 13.6. The third-order valence-corrected chi connectivity index (χ3v) is 4.31. The van der Waals surface area contributed by atoms with Gasteiger partial charge in [-0.2, -0.15) is 0 Å². The van der Waals surface area contributed by atoms with Crippen molar-refractivity contribution in [3.05, 3.63) is 70.4 Å². The molecule has 3 aromatic rings. The predicted molar refractivity (Wildman–Crippen MR) is 96.3 cm³/mol. The van der Waals surface area contributed by atoms with Crippen molar-refractivity contribution >= 4 is 28.2 Å². The number of carbonyl (C=O) groups is 1. The molecule has 1 aromatic carbocycles. The Kier molecular flexibility index (Phi) is 5.52. The van der Waals surface area contributed by atoms with E-state index in [1.807, 2.05) is 25.1 Å². The number of hydrogen-bond donors (Lipinski definition) is 2. The molecule has 134 valence electrons. The number of pyridine rings is 1. The van der Waals surface area contributed by atoms with E-state index in [4.69, 9.17) is 0 Å². The van der Waals surface area contributed by atoms with Crippen molar-refractivity contribution in [2.75, 3.05) is 5.32 Å².